The molecule has 0 aliphatic carbocycles. The van der Waals surface area contributed by atoms with Crippen LogP contribution >= 0.6 is 0 Å². The first kappa shape index (κ1) is 19.2. The van der Waals surface area contributed by atoms with E-state index >= 15 is 0 Å². The number of benzene rings is 2. The van der Waals surface area contributed by atoms with E-state index in [1.165, 1.54) is 12.1 Å². The molecule has 152 valence electrons. The number of sulfonamides is 1. The van der Waals surface area contributed by atoms with E-state index in [4.69, 9.17) is 10.5 Å². The molecule has 1 saturated heterocycles. The van der Waals surface area contributed by atoms with Crippen LogP contribution in [-0.2, 0) is 14.8 Å². The predicted molar refractivity (Wildman–Crippen MR) is 110 cm³/mol. The Kier molecular flexibility index (Phi) is 5.14. The van der Waals surface area contributed by atoms with Crippen LogP contribution in [-0.4, -0.2) is 45.6 Å². The van der Waals surface area contributed by atoms with Crippen molar-refractivity contribution < 1.29 is 17.9 Å². The number of carbonyl (C=O) groups excluding carboxylic acids is 1. The highest BCUT2D eigenvalue weighted by molar-refractivity contribution is 7.89. The van der Waals surface area contributed by atoms with Gasteiger partial charge in [0.15, 0.2) is 0 Å². The number of carbonyl (C=O) groups is 1. The lowest BCUT2D eigenvalue weighted by molar-refractivity contribution is 0.0946. The van der Waals surface area contributed by atoms with Crippen molar-refractivity contribution in [3.05, 3.63) is 54.2 Å². The standard InChI is InChI=1S/C19H21N5O4S/c20-16-5-4-13(12-18(16)24-8-10-28-11-9-24)29(26,27)23-22-19(25)15-2-1-3-17-14(15)6-7-21-17/h1-7,12,21,23H,8-11,20H2,(H,22,25). The van der Waals surface area contributed by atoms with Crippen LogP contribution in [0.3, 0.4) is 0 Å². The van der Waals surface area contributed by atoms with Crippen molar-refractivity contribution >= 4 is 38.2 Å². The molecule has 3 aromatic rings. The summed E-state index contributed by atoms with van der Waals surface area (Å²) in [7, 11) is -3.98. The number of hydrazine groups is 1. The van der Waals surface area contributed by atoms with Gasteiger partial charge < -0.3 is 20.4 Å². The number of nitrogens with zero attached hydrogens (tertiary/aromatic N) is 1. The number of H-pyrrole nitrogens is 1. The number of fused-ring (bicyclic) bond motifs is 1. The Morgan fingerprint density at radius 1 is 1.14 bits per heavy atom. The summed E-state index contributed by atoms with van der Waals surface area (Å²) in [5, 5.41) is 0.700. The molecule has 0 bridgehead atoms. The van der Waals surface area contributed by atoms with Crippen LogP contribution in [0.2, 0.25) is 0 Å². The second-order valence-corrected chi connectivity index (χ2v) is 8.31. The molecule has 0 spiro atoms. The minimum atomic E-state index is -3.98. The summed E-state index contributed by atoms with van der Waals surface area (Å²) in [6.07, 6.45) is 1.72. The van der Waals surface area contributed by atoms with E-state index in [0.717, 1.165) is 5.52 Å². The smallest absolute Gasteiger partial charge is 0.266 e. The van der Waals surface area contributed by atoms with Crippen LogP contribution in [0.4, 0.5) is 11.4 Å². The van der Waals surface area contributed by atoms with Crippen LogP contribution in [0, 0.1) is 0 Å². The maximum absolute atomic E-state index is 12.7. The highest BCUT2D eigenvalue weighted by atomic mass is 32.2. The maximum atomic E-state index is 12.7. The topological polar surface area (TPSA) is 130 Å². The lowest BCUT2D eigenvalue weighted by Crippen LogP contribution is -2.41. The Labute approximate surface area is 167 Å². The minimum Gasteiger partial charge on any atom is -0.397 e. The van der Waals surface area contributed by atoms with Gasteiger partial charge in [-0.3, -0.25) is 10.2 Å². The normalized spacial score (nSPS) is 14.8. The van der Waals surface area contributed by atoms with E-state index in [-0.39, 0.29) is 4.90 Å². The fourth-order valence-electron chi connectivity index (χ4n) is 3.29. The predicted octanol–water partition coefficient (Wildman–Crippen LogP) is 1.21. The van der Waals surface area contributed by atoms with Crippen molar-refractivity contribution in [3.63, 3.8) is 0 Å². The molecule has 1 aliphatic rings. The molecule has 29 heavy (non-hydrogen) atoms. The number of morpholine rings is 1. The number of rotatable bonds is 5. The van der Waals surface area contributed by atoms with Crippen molar-refractivity contribution in [2.24, 2.45) is 0 Å². The zero-order valence-corrected chi connectivity index (χ0v) is 16.3. The number of nitrogens with one attached hydrogen (secondary N) is 3. The summed E-state index contributed by atoms with van der Waals surface area (Å²) in [6.45, 7) is 2.35. The third-order valence-corrected chi connectivity index (χ3v) is 6.05. The summed E-state index contributed by atoms with van der Waals surface area (Å²) in [5.74, 6) is -0.553. The first-order valence-electron chi connectivity index (χ1n) is 9.06. The van der Waals surface area contributed by atoms with Crippen LogP contribution in [0.15, 0.2) is 53.6 Å². The van der Waals surface area contributed by atoms with Gasteiger partial charge in [0.05, 0.1) is 35.0 Å². The number of hydrogen-bond acceptors (Lipinski definition) is 6. The van der Waals surface area contributed by atoms with Gasteiger partial charge in [-0.1, -0.05) is 6.07 Å². The van der Waals surface area contributed by atoms with Gasteiger partial charge in [0, 0.05) is 30.2 Å². The summed E-state index contributed by atoms with van der Waals surface area (Å²) >= 11 is 0. The molecular weight excluding hydrogens is 394 g/mol. The molecular formula is C19H21N5O4S. The van der Waals surface area contributed by atoms with Crippen LogP contribution in [0.1, 0.15) is 10.4 Å². The number of nitrogens with two attached hydrogens (primary N) is 1. The van der Waals surface area contributed by atoms with Gasteiger partial charge in [0.1, 0.15) is 0 Å². The van der Waals surface area contributed by atoms with E-state index in [0.29, 0.717) is 48.6 Å². The Balaban J connectivity index is 1.53. The highest BCUT2D eigenvalue weighted by Crippen LogP contribution is 2.27. The van der Waals surface area contributed by atoms with Gasteiger partial charge in [-0.15, -0.1) is 4.83 Å². The fraction of sp³-hybridized carbons (Fsp3) is 0.211. The fourth-order valence-corrected chi connectivity index (χ4v) is 4.15. The molecule has 0 radical (unpaired) electrons. The van der Waals surface area contributed by atoms with Crippen LogP contribution in [0.5, 0.6) is 0 Å². The number of hydrogen-bond donors (Lipinski definition) is 4. The monoisotopic (exact) mass is 415 g/mol. The van der Waals surface area contributed by atoms with Gasteiger partial charge in [-0.2, -0.15) is 0 Å². The van der Waals surface area contributed by atoms with Gasteiger partial charge in [0.25, 0.3) is 15.9 Å². The number of anilines is 2. The molecule has 1 aromatic heterocycles. The van der Waals surface area contributed by atoms with Crippen molar-refractivity contribution in [1.82, 2.24) is 15.2 Å². The molecule has 1 fully saturated rings. The zero-order chi connectivity index (χ0) is 20.4. The van der Waals surface area contributed by atoms with Crippen molar-refractivity contribution in [1.29, 1.82) is 0 Å². The zero-order valence-electron chi connectivity index (χ0n) is 15.5. The Hall–Kier alpha value is -3.08. The van der Waals surface area contributed by atoms with E-state index in [2.05, 4.69) is 15.2 Å². The van der Waals surface area contributed by atoms with Gasteiger partial charge in [0.2, 0.25) is 0 Å². The first-order chi connectivity index (χ1) is 14.0. The van der Waals surface area contributed by atoms with Crippen LogP contribution in [0.25, 0.3) is 10.9 Å². The molecule has 0 saturated carbocycles. The van der Waals surface area contributed by atoms with Crippen molar-refractivity contribution in [2.45, 2.75) is 4.90 Å². The highest BCUT2D eigenvalue weighted by Gasteiger charge is 2.21. The second kappa shape index (κ2) is 7.74. The van der Waals surface area contributed by atoms with Crippen molar-refractivity contribution in [2.75, 3.05) is 36.9 Å². The molecule has 9 nitrogen and oxygen atoms in total. The molecule has 4 rings (SSSR count). The third-order valence-electron chi connectivity index (χ3n) is 4.80. The molecule has 1 aliphatic heterocycles. The Morgan fingerprint density at radius 3 is 2.72 bits per heavy atom. The molecule has 5 N–H and O–H groups in total. The average Bonchev–Trinajstić information content (AvgIpc) is 3.22. The molecule has 10 heteroatoms. The number of ether oxygens (including phenoxy) is 1. The molecule has 0 unspecified atom stereocenters. The summed E-state index contributed by atoms with van der Waals surface area (Å²) in [4.78, 5) is 19.7. The van der Waals surface area contributed by atoms with Gasteiger partial charge >= 0.3 is 0 Å². The quantitative estimate of drug-likeness (QED) is 0.366. The third kappa shape index (κ3) is 3.90. The molecule has 2 heterocycles. The van der Waals surface area contributed by atoms with E-state index in [9.17, 15) is 13.2 Å². The van der Waals surface area contributed by atoms with Crippen LogP contribution < -0.4 is 20.9 Å². The summed E-state index contributed by atoms with van der Waals surface area (Å²) in [6, 6.07) is 11.4. The molecule has 1 amide bonds. The van der Waals surface area contributed by atoms with E-state index in [1.807, 2.05) is 11.0 Å². The lowest BCUT2D eigenvalue weighted by atomic mass is 10.1. The second-order valence-electron chi connectivity index (χ2n) is 6.62. The molecule has 0 atom stereocenters. The maximum Gasteiger partial charge on any atom is 0.266 e. The average molecular weight is 415 g/mol. The Morgan fingerprint density at radius 2 is 1.93 bits per heavy atom. The van der Waals surface area contributed by atoms with E-state index < -0.39 is 15.9 Å². The summed E-state index contributed by atoms with van der Waals surface area (Å²) in [5.41, 5.74) is 10.6. The summed E-state index contributed by atoms with van der Waals surface area (Å²) < 4.78 is 30.8. The van der Waals surface area contributed by atoms with Crippen molar-refractivity contribution in [3.8, 4) is 0 Å². The Bertz CT molecular complexity index is 1150. The largest absolute Gasteiger partial charge is 0.397 e. The molecule has 2 aromatic carbocycles. The van der Waals surface area contributed by atoms with Gasteiger partial charge in [-0.05, 0) is 36.4 Å². The minimum absolute atomic E-state index is 0.00773. The SMILES string of the molecule is Nc1ccc(S(=O)(=O)NNC(=O)c2cccc3[nH]ccc23)cc1N1CCOCC1. The van der Waals surface area contributed by atoms with Gasteiger partial charge in [-0.25, -0.2) is 8.42 Å². The number of amides is 1. The number of aromatic nitrogens is 1. The first-order valence-corrected chi connectivity index (χ1v) is 10.5. The number of nitrogen functional groups attached to an aromatic ring is 1. The van der Waals surface area contributed by atoms with E-state index in [1.54, 1.807) is 30.5 Å². The lowest BCUT2D eigenvalue weighted by Gasteiger charge is -2.30. The number of aromatic amines is 1.